The smallest absolute Gasteiger partial charge is 0.307 e. The zero-order valence-corrected chi connectivity index (χ0v) is 10.8. The van der Waals surface area contributed by atoms with Gasteiger partial charge < -0.3 is 9.84 Å². The monoisotopic (exact) mass is 258 g/mol. The van der Waals surface area contributed by atoms with Crippen LogP contribution in [0.1, 0.15) is 17.1 Å². The van der Waals surface area contributed by atoms with Crippen LogP contribution in [0.25, 0.3) is 0 Å². The highest BCUT2D eigenvalue weighted by Gasteiger charge is 2.05. The van der Waals surface area contributed by atoms with Crippen LogP contribution in [-0.2, 0) is 11.2 Å². The summed E-state index contributed by atoms with van der Waals surface area (Å²) in [7, 11) is 0. The molecule has 98 valence electrons. The van der Waals surface area contributed by atoms with Gasteiger partial charge in [-0.2, -0.15) is 4.98 Å². The van der Waals surface area contributed by atoms with E-state index < -0.39 is 5.97 Å². The van der Waals surface area contributed by atoms with Crippen LogP contribution in [0.2, 0.25) is 0 Å². The lowest BCUT2D eigenvalue weighted by molar-refractivity contribution is -0.136. The minimum atomic E-state index is -0.870. The van der Waals surface area contributed by atoms with E-state index in [-0.39, 0.29) is 6.42 Å². The summed E-state index contributed by atoms with van der Waals surface area (Å²) >= 11 is 0. The van der Waals surface area contributed by atoms with Crippen LogP contribution in [0.5, 0.6) is 11.6 Å². The summed E-state index contributed by atoms with van der Waals surface area (Å²) in [6.07, 6.45) is -0.0287. The van der Waals surface area contributed by atoms with Crippen molar-refractivity contribution in [1.29, 1.82) is 0 Å². The van der Waals surface area contributed by atoms with Crippen molar-refractivity contribution in [2.24, 2.45) is 0 Å². The number of carbonyl (C=O) groups is 1. The Morgan fingerprint density at radius 3 is 2.74 bits per heavy atom. The van der Waals surface area contributed by atoms with Crippen LogP contribution in [0.3, 0.4) is 0 Å². The Labute approximate surface area is 110 Å². The van der Waals surface area contributed by atoms with E-state index in [1.54, 1.807) is 37.3 Å². The van der Waals surface area contributed by atoms with Crippen LogP contribution >= 0.6 is 0 Å². The Morgan fingerprint density at radius 1 is 1.26 bits per heavy atom. The number of benzene rings is 1. The van der Waals surface area contributed by atoms with Gasteiger partial charge in [0.2, 0.25) is 5.88 Å². The maximum Gasteiger partial charge on any atom is 0.307 e. The van der Waals surface area contributed by atoms with Crippen molar-refractivity contribution in [3.8, 4) is 11.6 Å². The van der Waals surface area contributed by atoms with Gasteiger partial charge in [-0.05, 0) is 31.5 Å². The molecule has 1 N–H and O–H groups in total. The highest BCUT2D eigenvalue weighted by Crippen LogP contribution is 2.21. The molecule has 0 unspecified atom stereocenters. The Kier molecular flexibility index (Phi) is 3.75. The maximum absolute atomic E-state index is 10.7. The van der Waals surface area contributed by atoms with E-state index in [0.29, 0.717) is 23.0 Å². The number of carboxylic acid groups (broad SMARTS) is 1. The first kappa shape index (κ1) is 13.0. The fraction of sp³-hybridized carbons (Fsp3) is 0.214. The van der Waals surface area contributed by atoms with Gasteiger partial charge in [-0.1, -0.05) is 12.1 Å². The summed E-state index contributed by atoms with van der Waals surface area (Å²) in [4.78, 5) is 19.0. The van der Waals surface area contributed by atoms with Crippen molar-refractivity contribution in [2.45, 2.75) is 20.3 Å². The van der Waals surface area contributed by atoms with E-state index in [0.717, 1.165) is 5.69 Å². The van der Waals surface area contributed by atoms with Gasteiger partial charge in [-0.15, -0.1) is 0 Å². The lowest BCUT2D eigenvalue weighted by Crippen LogP contribution is -2.00. The number of hydrogen-bond donors (Lipinski definition) is 1. The molecule has 0 saturated heterocycles. The van der Waals surface area contributed by atoms with Gasteiger partial charge in [0, 0.05) is 11.8 Å². The fourth-order valence-corrected chi connectivity index (χ4v) is 1.75. The number of aryl methyl sites for hydroxylation is 2. The predicted molar refractivity (Wildman–Crippen MR) is 69.4 cm³/mol. The molecule has 0 atom stereocenters. The minimum Gasteiger partial charge on any atom is -0.481 e. The standard InChI is InChI=1S/C14H14N2O3/c1-9-6-13(16-10(2)15-9)19-12-5-3-4-11(7-12)8-14(17)18/h3-7H,8H2,1-2H3,(H,17,18). The first-order valence-corrected chi connectivity index (χ1v) is 5.84. The van der Waals surface area contributed by atoms with E-state index in [2.05, 4.69) is 9.97 Å². The van der Waals surface area contributed by atoms with Crippen molar-refractivity contribution in [3.63, 3.8) is 0 Å². The fourth-order valence-electron chi connectivity index (χ4n) is 1.75. The average molecular weight is 258 g/mol. The second-order valence-corrected chi connectivity index (χ2v) is 4.21. The molecule has 1 aromatic carbocycles. The second-order valence-electron chi connectivity index (χ2n) is 4.21. The van der Waals surface area contributed by atoms with E-state index >= 15 is 0 Å². The quantitative estimate of drug-likeness (QED) is 0.912. The zero-order chi connectivity index (χ0) is 13.8. The maximum atomic E-state index is 10.7. The van der Waals surface area contributed by atoms with E-state index in [4.69, 9.17) is 9.84 Å². The number of ether oxygens (including phenoxy) is 1. The van der Waals surface area contributed by atoms with Crippen molar-refractivity contribution in [3.05, 3.63) is 47.4 Å². The van der Waals surface area contributed by atoms with Gasteiger partial charge in [0.25, 0.3) is 0 Å². The summed E-state index contributed by atoms with van der Waals surface area (Å²) in [6, 6.07) is 8.70. The molecule has 19 heavy (non-hydrogen) atoms. The van der Waals surface area contributed by atoms with Crippen LogP contribution in [0.4, 0.5) is 0 Å². The molecule has 2 aromatic rings. The summed E-state index contributed by atoms with van der Waals surface area (Å²) in [5.41, 5.74) is 1.51. The van der Waals surface area contributed by atoms with Crippen molar-refractivity contribution in [2.75, 3.05) is 0 Å². The summed E-state index contributed by atoms with van der Waals surface area (Å²) < 4.78 is 5.62. The lowest BCUT2D eigenvalue weighted by Gasteiger charge is -2.07. The molecule has 0 spiro atoms. The minimum absolute atomic E-state index is 0.0287. The van der Waals surface area contributed by atoms with Gasteiger partial charge >= 0.3 is 5.97 Å². The zero-order valence-electron chi connectivity index (χ0n) is 10.8. The van der Waals surface area contributed by atoms with Crippen molar-refractivity contribution >= 4 is 5.97 Å². The molecule has 2 rings (SSSR count). The molecule has 0 radical (unpaired) electrons. The molecule has 0 aliphatic rings. The van der Waals surface area contributed by atoms with Gasteiger partial charge in [-0.25, -0.2) is 4.98 Å². The topological polar surface area (TPSA) is 72.3 Å². The third-order valence-corrected chi connectivity index (χ3v) is 2.42. The van der Waals surface area contributed by atoms with E-state index in [1.807, 2.05) is 6.92 Å². The van der Waals surface area contributed by atoms with Crippen LogP contribution < -0.4 is 4.74 Å². The van der Waals surface area contributed by atoms with Gasteiger partial charge in [0.05, 0.1) is 6.42 Å². The van der Waals surface area contributed by atoms with Crippen molar-refractivity contribution < 1.29 is 14.6 Å². The molecule has 0 aliphatic heterocycles. The summed E-state index contributed by atoms with van der Waals surface area (Å²) in [5, 5.41) is 8.76. The van der Waals surface area contributed by atoms with Crippen LogP contribution in [-0.4, -0.2) is 21.0 Å². The molecule has 0 saturated carbocycles. The third kappa shape index (κ3) is 3.77. The first-order chi connectivity index (χ1) is 9.02. The van der Waals surface area contributed by atoms with Gasteiger partial charge in [0.15, 0.2) is 0 Å². The van der Waals surface area contributed by atoms with Gasteiger partial charge in [0.1, 0.15) is 11.6 Å². The molecule has 0 fully saturated rings. The summed E-state index contributed by atoms with van der Waals surface area (Å²) in [6.45, 7) is 3.66. The molecular formula is C14H14N2O3. The molecular weight excluding hydrogens is 244 g/mol. The Balaban J connectivity index is 2.20. The molecule has 1 heterocycles. The number of hydrogen-bond acceptors (Lipinski definition) is 4. The van der Waals surface area contributed by atoms with Gasteiger partial charge in [-0.3, -0.25) is 4.79 Å². The SMILES string of the molecule is Cc1cc(Oc2cccc(CC(=O)O)c2)nc(C)n1. The molecule has 0 amide bonds. The number of aliphatic carboxylic acids is 1. The highest BCUT2D eigenvalue weighted by atomic mass is 16.5. The first-order valence-electron chi connectivity index (χ1n) is 5.84. The van der Waals surface area contributed by atoms with Crippen molar-refractivity contribution in [1.82, 2.24) is 9.97 Å². The third-order valence-electron chi connectivity index (χ3n) is 2.42. The lowest BCUT2D eigenvalue weighted by atomic mass is 10.1. The molecule has 0 aliphatic carbocycles. The molecule has 1 aromatic heterocycles. The van der Waals surface area contributed by atoms with E-state index in [9.17, 15) is 4.79 Å². The number of carboxylic acids is 1. The second kappa shape index (κ2) is 5.48. The highest BCUT2D eigenvalue weighted by molar-refractivity contribution is 5.70. The number of rotatable bonds is 4. The Morgan fingerprint density at radius 2 is 2.05 bits per heavy atom. The van der Waals surface area contributed by atoms with E-state index in [1.165, 1.54) is 0 Å². The summed E-state index contributed by atoms with van der Waals surface area (Å²) in [5.74, 6) is 0.788. The number of nitrogens with zero attached hydrogens (tertiary/aromatic N) is 2. The average Bonchev–Trinajstić information content (AvgIpc) is 2.26. The van der Waals surface area contributed by atoms with Crippen LogP contribution in [0.15, 0.2) is 30.3 Å². The normalized spacial score (nSPS) is 10.2. The Bertz CT molecular complexity index is 591. The molecule has 5 heteroatoms. The van der Waals surface area contributed by atoms with Crippen LogP contribution in [0, 0.1) is 13.8 Å². The largest absolute Gasteiger partial charge is 0.481 e. The predicted octanol–water partition coefficient (Wildman–Crippen LogP) is 2.51. The number of aromatic nitrogens is 2. The Hall–Kier alpha value is -2.43. The molecule has 5 nitrogen and oxygen atoms in total. The molecule has 0 bridgehead atoms.